The van der Waals surface area contributed by atoms with E-state index in [0.29, 0.717) is 18.8 Å². The van der Waals surface area contributed by atoms with Crippen molar-refractivity contribution in [2.45, 2.75) is 19.4 Å². The number of amides is 2. The largest absolute Gasteiger partial charge is 0.497 e. The van der Waals surface area contributed by atoms with Gasteiger partial charge in [0, 0.05) is 25.8 Å². The van der Waals surface area contributed by atoms with E-state index in [0.717, 1.165) is 0 Å². The number of ether oxygens (including phenoxy) is 2. The summed E-state index contributed by atoms with van der Waals surface area (Å²) in [7, 11) is 3.05. The van der Waals surface area contributed by atoms with Gasteiger partial charge in [0.1, 0.15) is 5.75 Å². The number of methoxy groups -OCH3 is 2. The molecule has 0 spiro atoms. The molecule has 0 aliphatic rings. The van der Waals surface area contributed by atoms with Crippen molar-refractivity contribution in [3.63, 3.8) is 0 Å². The summed E-state index contributed by atoms with van der Waals surface area (Å²) in [6, 6.07) is 3.79. The minimum Gasteiger partial charge on any atom is -0.497 e. The average molecular weight is 296 g/mol. The Hall–Kier alpha value is -2.28. The fourth-order valence-electron chi connectivity index (χ4n) is 1.69. The molecule has 0 heterocycles. The number of carbonyl (C=O) groups is 2. The highest BCUT2D eigenvalue weighted by Gasteiger charge is 2.14. The lowest BCUT2D eigenvalue weighted by molar-refractivity contribution is 0.0698. The van der Waals surface area contributed by atoms with Crippen LogP contribution in [0.1, 0.15) is 23.7 Å². The van der Waals surface area contributed by atoms with Crippen molar-refractivity contribution in [1.82, 2.24) is 5.32 Å². The maximum absolute atomic E-state index is 11.9. The predicted octanol–water partition coefficient (Wildman–Crippen LogP) is 1.94. The van der Waals surface area contributed by atoms with Crippen LogP contribution in [0.5, 0.6) is 5.75 Å². The van der Waals surface area contributed by atoms with Gasteiger partial charge in [-0.3, -0.25) is 0 Å². The predicted molar refractivity (Wildman–Crippen MR) is 78.1 cm³/mol. The van der Waals surface area contributed by atoms with Crippen LogP contribution in [0.3, 0.4) is 0 Å². The third-order valence-corrected chi connectivity index (χ3v) is 2.84. The summed E-state index contributed by atoms with van der Waals surface area (Å²) in [4.78, 5) is 23.0. The first kappa shape index (κ1) is 16.8. The number of aromatic carboxylic acids is 1. The first-order chi connectivity index (χ1) is 9.97. The van der Waals surface area contributed by atoms with Crippen molar-refractivity contribution in [3.05, 3.63) is 23.8 Å². The average Bonchev–Trinajstić information content (AvgIpc) is 2.44. The molecule has 0 aromatic heterocycles. The molecule has 116 valence electrons. The second-order valence-electron chi connectivity index (χ2n) is 4.50. The summed E-state index contributed by atoms with van der Waals surface area (Å²) in [6.45, 7) is 2.36. The Morgan fingerprint density at radius 2 is 2.05 bits per heavy atom. The first-order valence-electron chi connectivity index (χ1n) is 6.45. The number of anilines is 1. The fourth-order valence-corrected chi connectivity index (χ4v) is 1.69. The first-order valence-corrected chi connectivity index (χ1v) is 6.45. The molecule has 0 aliphatic carbocycles. The van der Waals surface area contributed by atoms with Crippen LogP contribution in [-0.4, -0.2) is 44.0 Å². The maximum Gasteiger partial charge on any atom is 0.337 e. The van der Waals surface area contributed by atoms with Gasteiger partial charge in [0.25, 0.3) is 0 Å². The SMILES string of the molecule is COCCC(C)NC(=O)Nc1cc(OC)ccc1C(=O)O. The normalized spacial score (nSPS) is 11.6. The number of benzene rings is 1. The van der Waals surface area contributed by atoms with Crippen molar-refractivity contribution in [1.29, 1.82) is 0 Å². The monoisotopic (exact) mass is 296 g/mol. The van der Waals surface area contributed by atoms with E-state index in [1.807, 2.05) is 6.92 Å². The van der Waals surface area contributed by atoms with Crippen LogP contribution >= 0.6 is 0 Å². The van der Waals surface area contributed by atoms with Crippen LogP contribution in [0.4, 0.5) is 10.5 Å². The number of nitrogens with one attached hydrogen (secondary N) is 2. The fraction of sp³-hybridized carbons (Fsp3) is 0.429. The number of carbonyl (C=O) groups excluding carboxylic acids is 1. The van der Waals surface area contributed by atoms with E-state index >= 15 is 0 Å². The molecule has 0 fully saturated rings. The molecule has 1 atom stereocenters. The molecule has 1 aromatic rings. The maximum atomic E-state index is 11.9. The Bertz CT molecular complexity index is 504. The van der Waals surface area contributed by atoms with Gasteiger partial charge in [-0.1, -0.05) is 0 Å². The van der Waals surface area contributed by atoms with E-state index in [1.165, 1.54) is 25.3 Å². The molecule has 3 N–H and O–H groups in total. The molecular weight excluding hydrogens is 276 g/mol. The number of carboxylic acid groups (broad SMARTS) is 1. The number of urea groups is 1. The van der Waals surface area contributed by atoms with Crippen molar-refractivity contribution < 1.29 is 24.2 Å². The lowest BCUT2D eigenvalue weighted by Crippen LogP contribution is -2.37. The second kappa shape index (κ2) is 8.11. The van der Waals surface area contributed by atoms with Crippen molar-refractivity contribution in [2.75, 3.05) is 26.1 Å². The van der Waals surface area contributed by atoms with Crippen LogP contribution in [-0.2, 0) is 4.74 Å². The highest BCUT2D eigenvalue weighted by Crippen LogP contribution is 2.22. The zero-order valence-electron chi connectivity index (χ0n) is 12.3. The van der Waals surface area contributed by atoms with Crippen molar-refractivity contribution in [2.24, 2.45) is 0 Å². The van der Waals surface area contributed by atoms with Gasteiger partial charge in [-0.05, 0) is 25.5 Å². The van der Waals surface area contributed by atoms with Crippen LogP contribution < -0.4 is 15.4 Å². The van der Waals surface area contributed by atoms with Gasteiger partial charge in [0.15, 0.2) is 0 Å². The Balaban J connectivity index is 2.76. The number of rotatable bonds is 7. The van der Waals surface area contributed by atoms with Gasteiger partial charge >= 0.3 is 12.0 Å². The molecule has 1 unspecified atom stereocenters. The van der Waals surface area contributed by atoms with E-state index in [1.54, 1.807) is 7.11 Å². The highest BCUT2D eigenvalue weighted by atomic mass is 16.5. The summed E-state index contributed by atoms with van der Waals surface area (Å²) in [5, 5.41) is 14.3. The van der Waals surface area contributed by atoms with Crippen LogP contribution in [0, 0.1) is 0 Å². The van der Waals surface area contributed by atoms with Crippen LogP contribution in [0.2, 0.25) is 0 Å². The molecule has 0 saturated carbocycles. The zero-order chi connectivity index (χ0) is 15.8. The molecule has 0 bridgehead atoms. The quantitative estimate of drug-likeness (QED) is 0.714. The standard InChI is InChI=1S/C14H20N2O5/c1-9(6-7-20-2)15-14(19)16-12-8-10(21-3)4-5-11(12)13(17)18/h4-5,8-9H,6-7H2,1-3H3,(H,17,18)(H2,15,16,19). The molecule has 0 aliphatic heterocycles. The second-order valence-corrected chi connectivity index (χ2v) is 4.50. The molecule has 0 radical (unpaired) electrons. The minimum atomic E-state index is -1.12. The number of hydrogen-bond acceptors (Lipinski definition) is 4. The highest BCUT2D eigenvalue weighted by molar-refractivity contribution is 6.00. The van der Waals surface area contributed by atoms with Crippen LogP contribution in [0.25, 0.3) is 0 Å². The zero-order valence-corrected chi connectivity index (χ0v) is 12.3. The lowest BCUT2D eigenvalue weighted by atomic mass is 10.1. The molecule has 21 heavy (non-hydrogen) atoms. The van der Waals surface area contributed by atoms with Crippen molar-refractivity contribution >= 4 is 17.7 Å². The summed E-state index contributed by atoms with van der Waals surface area (Å²) in [5.74, 6) is -0.664. The Labute approximate surface area is 123 Å². The van der Waals surface area contributed by atoms with Gasteiger partial charge in [0.2, 0.25) is 0 Å². The molecule has 7 nitrogen and oxygen atoms in total. The van der Waals surface area contributed by atoms with E-state index in [2.05, 4.69) is 10.6 Å². The Morgan fingerprint density at radius 3 is 2.62 bits per heavy atom. The molecule has 7 heteroatoms. The number of hydrogen-bond donors (Lipinski definition) is 3. The summed E-state index contributed by atoms with van der Waals surface area (Å²) in [5.41, 5.74) is 0.175. The Kier molecular flexibility index (Phi) is 6.48. The molecule has 1 rings (SSSR count). The van der Waals surface area contributed by atoms with Crippen molar-refractivity contribution in [3.8, 4) is 5.75 Å². The molecule has 1 aromatic carbocycles. The van der Waals surface area contributed by atoms with E-state index in [9.17, 15) is 9.59 Å². The summed E-state index contributed by atoms with van der Waals surface area (Å²) < 4.78 is 9.95. The van der Waals surface area contributed by atoms with Gasteiger partial charge in [-0.2, -0.15) is 0 Å². The van der Waals surface area contributed by atoms with Crippen LogP contribution in [0.15, 0.2) is 18.2 Å². The van der Waals surface area contributed by atoms with Gasteiger partial charge in [-0.25, -0.2) is 9.59 Å². The topological polar surface area (TPSA) is 96.9 Å². The Morgan fingerprint density at radius 1 is 1.33 bits per heavy atom. The minimum absolute atomic E-state index is 0.00417. The summed E-state index contributed by atoms with van der Waals surface area (Å²) >= 11 is 0. The van der Waals surface area contributed by atoms with Gasteiger partial charge in [-0.15, -0.1) is 0 Å². The van der Waals surface area contributed by atoms with E-state index in [-0.39, 0.29) is 17.3 Å². The van der Waals surface area contributed by atoms with E-state index in [4.69, 9.17) is 14.6 Å². The lowest BCUT2D eigenvalue weighted by Gasteiger charge is -2.15. The third-order valence-electron chi connectivity index (χ3n) is 2.84. The van der Waals surface area contributed by atoms with Gasteiger partial charge in [0.05, 0.1) is 18.4 Å². The van der Waals surface area contributed by atoms with E-state index < -0.39 is 12.0 Å². The molecule has 0 saturated heterocycles. The third kappa shape index (κ3) is 5.31. The molecular formula is C14H20N2O5. The van der Waals surface area contributed by atoms with Gasteiger partial charge < -0.3 is 25.2 Å². The number of carboxylic acids is 1. The summed E-state index contributed by atoms with van der Waals surface area (Å²) in [6.07, 6.45) is 0.661. The smallest absolute Gasteiger partial charge is 0.337 e. The molecule has 2 amide bonds.